The van der Waals surface area contributed by atoms with Gasteiger partial charge in [-0.25, -0.2) is 0 Å². The fraction of sp³-hybridized carbons (Fsp3) is 0.786. The molecule has 0 amide bonds. The second-order valence-corrected chi connectivity index (χ2v) is 9.51. The van der Waals surface area contributed by atoms with Gasteiger partial charge in [0.2, 0.25) is 5.13 Å². The van der Waals surface area contributed by atoms with Gasteiger partial charge in [-0.1, -0.05) is 50.8 Å². The molecule has 0 bridgehead atoms. The van der Waals surface area contributed by atoms with Crippen molar-refractivity contribution in [3.63, 3.8) is 0 Å². The predicted octanol–water partition coefficient (Wildman–Crippen LogP) is 3.73. The summed E-state index contributed by atoms with van der Waals surface area (Å²) >= 11 is 2.65. The van der Waals surface area contributed by atoms with Crippen LogP contribution in [0.25, 0.3) is 0 Å². The monoisotopic (exact) mass is 329 g/mol. The highest BCUT2D eigenvalue weighted by Gasteiger charge is 2.38. The summed E-state index contributed by atoms with van der Waals surface area (Å²) in [7, 11) is 0. The first-order valence-electron chi connectivity index (χ1n) is 7.10. The highest BCUT2D eigenvalue weighted by Crippen LogP contribution is 2.46. The van der Waals surface area contributed by atoms with E-state index in [-0.39, 0.29) is 5.75 Å². The van der Waals surface area contributed by atoms with Crippen molar-refractivity contribution in [2.45, 2.75) is 57.3 Å². The van der Waals surface area contributed by atoms with Gasteiger partial charge in [0.05, 0.1) is 5.75 Å². The number of hydrogen-bond donors (Lipinski definition) is 2. The van der Waals surface area contributed by atoms with Crippen LogP contribution in [0.2, 0.25) is 0 Å². The normalized spacial score (nSPS) is 21.1. The second kappa shape index (κ2) is 6.12. The van der Waals surface area contributed by atoms with E-state index in [2.05, 4.69) is 43.2 Å². The van der Waals surface area contributed by atoms with Crippen molar-refractivity contribution in [3.05, 3.63) is 0 Å². The van der Waals surface area contributed by atoms with Gasteiger partial charge in [0.25, 0.3) is 0 Å². The first-order valence-corrected chi connectivity index (χ1v) is 8.90. The molecule has 5 nitrogen and oxygen atoms in total. The molecule has 1 aliphatic carbocycles. The van der Waals surface area contributed by atoms with Crippen LogP contribution in [0, 0.1) is 10.8 Å². The third kappa shape index (κ3) is 5.14. The van der Waals surface area contributed by atoms with Crippen LogP contribution in [0.5, 0.6) is 0 Å². The summed E-state index contributed by atoms with van der Waals surface area (Å²) in [5.41, 5.74) is 0.649. The summed E-state index contributed by atoms with van der Waals surface area (Å²) in [4.78, 5) is 10.6. The molecule has 1 saturated carbocycles. The third-order valence-electron chi connectivity index (χ3n) is 3.61. The maximum absolute atomic E-state index is 10.6. The van der Waals surface area contributed by atoms with Gasteiger partial charge in [0.1, 0.15) is 0 Å². The van der Waals surface area contributed by atoms with Crippen molar-refractivity contribution in [1.82, 2.24) is 10.2 Å². The van der Waals surface area contributed by atoms with Gasteiger partial charge in [-0.05, 0) is 30.1 Å². The minimum absolute atomic E-state index is 0.0259. The van der Waals surface area contributed by atoms with E-state index in [1.165, 1.54) is 29.5 Å². The number of nitrogens with zero attached hydrogens (tertiary/aromatic N) is 2. The number of aromatic nitrogens is 2. The van der Waals surface area contributed by atoms with Crippen LogP contribution in [0.1, 0.15) is 47.0 Å². The molecule has 0 saturated heterocycles. The maximum atomic E-state index is 10.6. The van der Waals surface area contributed by atoms with Gasteiger partial charge in [0.15, 0.2) is 4.34 Å². The summed E-state index contributed by atoms with van der Waals surface area (Å²) in [6, 6.07) is 0.397. The number of carboxylic acids is 1. The van der Waals surface area contributed by atoms with Crippen molar-refractivity contribution < 1.29 is 9.90 Å². The van der Waals surface area contributed by atoms with E-state index in [1.54, 1.807) is 0 Å². The molecule has 2 N–H and O–H groups in total. The number of anilines is 1. The molecule has 1 heterocycles. The van der Waals surface area contributed by atoms with Crippen LogP contribution in [0.3, 0.4) is 0 Å². The summed E-state index contributed by atoms with van der Waals surface area (Å²) in [6.07, 6.45) is 3.47. The number of carboxylic acid groups (broad SMARTS) is 1. The summed E-state index contributed by atoms with van der Waals surface area (Å²) in [5, 5.41) is 21.1. The Kier molecular flexibility index (Phi) is 4.82. The SMILES string of the molecule is CC1(C)CC(Nc2nnc(SCC(=O)O)s2)CC(C)(C)C1. The number of rotatable bonds is 5. The van der Waals surface area contributed by atoms with Crippen LogP contribution >= 0.6 is 23.1 Å². The lowest BCUT2D eigenvalue weighted by atomic mass is 9.63. The molecular weight excluding hydrogens is 306 g/mol. The maximum Gasteiger partial charge on any atom is 0.313 e. The minimum atomic E-state index is -0.833. The number of carbonyl (C=O) groups is 1. The second-order valence-electron chi connectivity index (χ2n) is 7.31. The molecule has 1 aliphatic rings. The standard InChI is InChI=1S/C14H23N3O2S2/c1-13(2)5-9(6-14(3,4)8-13)15-11-16-17-12(21-11)20-7-10(18)19/h9H,5-8H2,1-4H3,(H,15,16)(H,18,19). The Labute approximate surface area is 133 Å². The highest BCUT2D eigenvalue weighted by atomic mass is 32.2. The summed E-state index contributed by atoms with van der Waals surface area (Å²) in [5.74, 6) is -0.807. The molecule has 21 heavy (non-hydrogen) atoms. The van der Waals surface area contributed by atoms with Crippen molar-refractivity contribution in [2.24, 2.45) is 10.8 Å². The van der Waals surface area contributed by atoms with E-state index < -0.39 is 5.97 Å². The Morgan fingerprint density at radius 2 is 1.95 bits per heavy atom. The van der Waals surface area contributed by atoms with Crippen molar-refractivity contribution in [1.29, 1.82) is 0 Å². The number of thioether (sulfide) groups is 1. The Morgan fingerprint density at radius 3 is 2.52 bits per heavy atom. The minimum Gasteiger partial charge on any atom is -0.481 e. The van der Waals surface area contributed by atoms with E-state index in [0.717, 1.165) is 18.0 Å². The molecule has 0 atom stereocenters. The fourth-order valence-electron chi connectivity index (χ4n) is 3.57. The van der Waals surface area contributed by atoms with E-state index in [4.69, 9.17) is 5.11 Å². The largest absolute Gasteiger partial charge is 0.481 e. The van der Waals surface area contributed by atoms with Gasteiger partial charge < -0.3 is 10.4 Å². The highest BCUT2D eigenvalue weighted by molar-refractivity contribution is 8.01. The molecule has 0 aliphatic heterocycles. The molecule has 0 aromatic carbocycles. The van der Waals surface area contributed by atoms with Gasteiger partial charge >= 0.3 is 5.97 Å². The topological polar surface area (TPSA) is 75.1 Å². The molecule has 118 valence electrons. The first-order chi connectivity index (χ1) is 9.65. The Bertz CT molecular complexity index is 498. The zero-order valence-electron chi connectivity index (χ0n) is 13.0. The average Bonchev–Trinajstić information content (AvgIpc) is 2.69. The number of hydrogen-bond acceptors (Lipinski definition) is 6. The van der Waals surface area contributed by atoms with Crippen LogP contribution < -0.4 is 5.32 Å². The third-order valence-corrected chi connectivity index (χ3v) is 5.58. The molecule has 2 rings (SSSR count). The van der Waals surface area contributed by atoms with Crippen molar-refractivity contribution >= 4 is 34.2 Å². The number of nitrogens with one attached hydrogen (secondary N) is 1. The lowest BCUT2D eigenvalue weighted by molar-refractivity contribution is -0.133. The van der Waals surface area contributed by atoms with E-state index in [1.807, 2.05) is 0 Å². The van der Waals surface area contributed by atoms with Gasteiger partial charge in [-0.2, -0.15) is 0 Å². The molecule has 1 fully saturated rings. The predicted molar refractivity (Wildman–Crippen MR) is 87.1 cm³/mol. The molecule has 1 aromatic rings. The molecule has 1 aromatic heterocycles. The van der Waals surface area contributed by atoms with Gasteiger partial charge in [-0.15, -0.1) is 10.2 Å². The van der Waals surface area contributed by atoms with Crippen molar-refractivity contribution in [3.8, 4) is 0 Å². The van der Waals surface area contributed by atoms with E-state index >= 15 is 0 Å². The quantitative estimate of drug-likeness (QED) is 0.802. The van der Waals surface area contributed by atoms with Gasteiger partial charge in [-0.3, -0.25) is 4.79 Å². The zero-order chi connectivity index (χ0) is 15.7. The fourth-order valence-corrected chi connectivity index (χ4v) is 5.12. The Balaban J connectivity index is 1.96. The average molecular weight is 329 g/mol. The molecule has 0 unspecified atom stereocenters. The van der Waals surface area contributed by atoms with Crippen molar-refractivity contribution in [2.75, 3.05) is 11.1 Å². The van der Waals surface area contributed by atoms with Crippen LogP contribution in [-0.4, -0.2) is 33.1 Å². The Hall–Kier alpha value is -0.820. The van der Waals surface area contributed by atoms with Gasteiger partial charge in [0, 0.05) is 6.04 Å². The van der Waals surface area contributed by atoms with Crippen LogP contribution in [-0.2, 0) is 4.79 Å². The lowest BCUT2D eigenvalue weighted by Gasteiger charge is -2.45. The van der Waals surface area contributed by atoms with Crippen LogP contribution in [0.15, 0.2) is 4.34 Å². The van der Waals surface area contributed by atoms with E-state index in [0.29, 0.717) is 21.2 Å². The summed E-state index contributed by atoms with van der Waals surface area (Å²) in [6.45, 7) is 9.27. The lowest BCUT2D eigenvalue weighted by Crippen LogP contribution is -2.40. The molecule has 0 radical (unpaired) electrons. The first kappa shape index (κ1) is 16.5. The number of aliphatic carboxylic acids is 1. The Morgan fingerprint density at radius 1 is 1.33 bits per heavy atom. The molecule has 0 spiro atoms. The molecule has 7 heteroatoms. The van der Waals surface area contributed by atoms with Crippen LogP contribution in [0.4, 0.5) is 5.13 Å². The smallest absolute Gasteiger partial charge is 0.313 e. The molecular formula is C14H23N3O2S2. The zero-order valence-corrected chi connectivity index (χ0v) is 14.6. The van der Waals surface area contributed by atoms with E-state index in [9.17, 15) is 4.79 Å². The summed E-state index contributed by atoms with van der Waals surface area (Å²) < 4.78 is 0.703.